The Morgan fingerprint density at radius 1 is 1.12 bits per heavy atom. The van der Waals surface area contributed by atoms with Gasteiger partial charge in [-0.3, -0.25) is 9.89 Å². The van der Waals surface area contributed by atoms with Gasteiger partial charge < -0.3 is 0 Å². The second kappa shape index (κ2) is 6.60. The zero-order valence-electron chi connectivity index (χ0n) is 13.3. The highest BCUT2D eigenvalue weighted by atomic mass is 16.1. The molecule has 0 atom stereocenters. The summed E-state index contributed by atoms with van der Waals surface area (Å²) in [5, 5.41) is 16.0. The lowest BCUT2D eigenvalue weighted by Crippen LogP contribution is -2.04. The number of benzene rings is 1. The third kappa shape index (κ3) is 3.27. The molecule has 0 aliphatic carbocycles. The number of H-pyrrole nitrogens is 1. The molecule has 0 aliphatic heterocycles. The van der Waals surface area contributed by atoms with Gasteiger partial charge in [-0.2, -0.15) is 5.10 Å². The normalized spacial score (nSPS) is 11.0. The quantitative estimate of drug-likeness (QED) is 0.540. The van der Waals surface area contributed by atoms with E-state index in [4.69, 9.17) is 0 Å². The van der Waals surface area contributed by atoms with E-state index in [1.54, 1.807) is 23.1 Å². The number of carbonyl (C=O) groups excluding carboxylic acids is 1. The fourth-order valence-electron chi connectivity index (χ4n) is 2.62. The number of carbonyl (C=O) groups is 1. The summed E-state index contributed by atoms with van der Waals surface area (Å²) in [6.07, 6.45) is 6.03. The fraction of sp³-hybridized carbons (Fsp3) is 0.176. The first-order valence-corrected chi connectivity index (χ1v) is 7.91. The van der Waals surface area contributed by atoms with E-state index in [1.165, 1.54) is 0 Å². The number of aryl methyl sites for hydroxylation is 1. The molecule has 0 spiro atoms. The van der Waals surface area contributed by atoms with Crippen LogP contribution in [0.1, 0.15) is 28.4 Å². The van der Waals surface area contributed by atoms with Crippen LogP contribution < -0.4 is 0 Å². The first-order valence-electron chi connectivity index (χ1n) is 7.91. The number of hydrogen-bond donors (Lipinski definition) is 1. The summed E-state index contributed by atoms with van der Waals surface area (Å²) in [4.78, 5) is 20.7. The molecular formula is C17H15N7O. The predicted octanol–water partition coefficient (Wildman–Crippen LogP) is 1.81. The molecular weight excluding hydrogens is 318 g/mol. The summed E-state index contributed by atoms with van der Waals surface area (Å²) in [5.74, 6) is 0.649. The Labute approximate surface area is 142 Å². The number of fused-ring (bicyclic) bond motifs is 1. The molecule has 0 saturated heterocycles. The number of rotatable bonds is 6. The number of Topliss-reactive ketones (excluding diaryl/α,β-unsaturated/α-hetero) is 1. The van der Waals surface area contributed by atoms with Gasteiger partial charge in [0.15, 0.2) is 5.78 Å². The predicted molar refractivity (Wildman–Crippen MR) is 89.9 cm³/mol. The minimum Gasteiger partial charge on any atom is -0.292 e. The zero-order valence-corrected chi connectivity index (χ0v) is 13.3. The van der Waals surface area contributed by atoms with Crippen LogP contribution in [0.25, 0.3) is 10.9 Å². The monoisotopic (exact) mass is 333 g/mol. The highest BCUT2D eigenvalue weighted by molar-refractivity contribution is 6.05. The first-order chi connectivity index (χ1) is 12.3. The average molecular weight is 333 g/mol. The van der Waals surface area contributed by atoms with E-state index in [-0.39, 0.29) is 5.78 Å². The second-order valence-electron chi connectivity index (χ2n) is 5.61. The number of nitrogens with one attached hydrogen (secondary N) is 1. The van der Waals surface area contributed by atoms with Crippen molar-refractivity contribution < 1.29 is 4.79 Å². The van der Waals surface area contributed by atoms with Crippen LogP contribution in [-0.2, 0) is 13.0 Å². The maximum atomic E-state index is 12.4. The number of aromatic amines is 1. The van der Waals surface area contributed by atoms with Crippen LogP contribution >= 0.6 is 0 Å². The van der Waals surface area contributed by atoms with Gasteiger partial charge in [0, 0.05) is 36.8 Å². The summed E-state index contributed by atoms with van der Waals surface area (Å²) in [5.41, 5.74) is 2.09. The van der Waals surface area contributed by atoms with Crippen LogP contribution in [0.2, 0.25) is 0 Å². The minimum absolute atomic E-state index is 0.0154. The summed E-state index contributed by atoms with van der Waals surface area (Å²) >= 11 is 0. The lowest BCUT2D eigenvalue weighted by molar-refractivity contribution is 0.0979. The summed E-state index contributed by atoms with van der Waals surface area (Å²) < 4.78 is 1.67. The van der Waals surface area contributed by atoms with Crippen LogP contribution in [0.4, 0.5) is 0 Å². The van der Waals surface area contributed by atoms with Gasteiger partial charge in [-0.15, -0.1) is 5.10 Å². The molecule has 0 unspecified atom stereocenters. The van der Waals surface area contributed by atoms with E-state index in [0.717, 1.165) is 16.6 Å². The van der Waals surface area contributed by atoms with Gasteiger partial charge in [0.2, 0.25) is 0 Å². The van der Waals surface area contributed by atoms with Gasteiger partial charge >= 0.3 is 0 Å². The number of hydrogen-bond acceptors (Lipinski definition) is 6. The van der Waals surface area contributed by atoms with E-state index in [0.29, 0.717) is 30.9 Å². The maximum absolute atomic E-state index is 12.4. The molecule has 4 rings (SSSR count). The first kappa shape index (κ1) is 15.1. The third-order valence-corrected chi connectivity index (χ3v) is 3.85. The second-order valence-corrected chi connectivity index (χ2v) is 5.61. The molecule has 0 bridgehead atoms. The number of aromatic nitrogens is 7. The number of ketones is 1. The molecule has 8 heteroatoms. The standard InChI is InChI=1S/C17H15N7O/c25-15(17-13-4-1-2-5-14(13)21-22-17)7-6-12-10-24(23-20-12)11-16-18-8-3-9-19-16/h1-5,8-10H,6-7,11H2,(H,21,22). The highest BCUT2D eigenvalue weighted by Gasteiger charge is 2.14. The Balaban J connectivity index is 1.41. The van der Waals surface area contributed by atoms with E-state index in [1.807, 2.05) is 30.5 Å². The largest absolute Gasteiger partial charge is 0.292 e. The topological polar surface area (TPSA) is 102 Å². The van der Waals surface area contributed by atoms with Crippen molar-refractivity contribution in [1.82, 2.24) is 35.2 Å². The van der Waals surface area contributed by atoms with Gasteiger partial charge in [0.1, 0.15) is 18.1 Å². The molecule has 1 N–H and O–H groups in total. The van der Waals surface area contributed by atoms with Crippen molar-refractivity contribution in [1.29, 1.82) is 0 Å². The smallest absolute Gasteiger partial charge is 0.184 e. The summed E-state index contributed by atoms with van der Waals surface area (Å²) in [6, 6.07) is 9.36. The molecule has 124 valence electrons. The SMILES string of the molecule is O=C(CCc1cn(Cc2ncccn2)nn1)c1n[nH]c2ccccc12. The Morgan fingerprint density at radius 2 is 1.96 bits per heavy atom. The fourth-order valence-corrected chi connectivity index (χ4v) is 2.62. The Kier molecular flexibility index (Phi) is 3.99. The van der Waals surface area contributed by atoms with Gasteiger partial charge in [-0.05, 0) is 12.1 Å². The Bertz CT molecular complexity index is 1010. The van der Waals surface area contributed by atoms with E-state index in [9.17, 15) is 4.79 Å². The summed E-state index contributed by atoms with van der Waals surface area (Å²) in [6.45, 7) is 0.450. The minimum atomic E-state index is -0.0154. The molecule has 0 aliphatic rings. The van der Waals surface area contributed by atoms with Crippen LogP contribution in [0.5, 0.6) is 0 Å². The molecule has 0 amide bonds. The van der Waals surface area contributed by atoms with Gasteiger partial charge in [-0.1, -0.05) is 23.4 Å². The molecule has 3 aromatic heterocycles. The molecule has 1 aromatic carbocycles. The van der Waals surface area contributed by atoms with Crippen molar-refractivity contribution in [2.75, 3.05) is 0 Å². The molecule has 3 heterocycles. The van der Waals surface area contributed by atoms with Crippen molar-refractivity contribution in [3.8, 4) is 0 Å². The van der Waals surface area contributed by atoms with Gasteiger partial charge in [0.25, 0.3) is 0 Å². The van der Waals surface area contributed by atoms with Crippen molar-refractivity contribution in [2.45, 2.75) is 19.4 Å². The van der Waals surface area contributed by atoms with Crippen molar-refractivity contribution in [3.63, 3.8) is 0 Å². The molecule has 0 saturated carbocycles. The molecule has 25 heavy (non-hydrogen) atoms. The Morgan fingerprint density at radius 3 is 2.84 bits per heavy atom. The lowest BCUT2D eigenvalue weighted by atomic mass is 10.1. The van der Waals surface area contributed by atoms with Crippen molar-refractivity contribution in [2.24, 2.45) is 0 Å². The van der Waals surface area contributed by atoms with E-state index < -0.39 is 0 Å². The average Bonchev–Trinajstić information content (AvgIpc) is 3.27. The molecule has 4 aromatic rings. The molecule has 0 fully saturated rings. The van der Waals surface area contributed by atoms with Crippen LogP contribution in [0.3, 0.4) is 0 Å². The Hall–Kier alpha value is -3.42. The third-order valence-electron chi connectivity index (χ3n) is 3.85. The van der Waals surface area contributed by atoms with Crippen LogP contribution in [0, 0.1) is 0 Å². The van der Waals surface area contributed by atoms with Gasteiger partial charge in [-0.25, -0.2) is 14.6 Å². The van der Waals surface area contributed by atoms with Crippen LogP contribution in [0.15, 0.2) is 48.9 Å². The lowest BCUT2D eigenvalue weighted by Gasteiger charge is -1.98. The zero-order chi connectivity index (χ0) is 17.1. The molecule has 8 nitrogen and oxygen atoms in total. The number of nitrogens with zero attached hydrogens (tertiary/aromatic N) is 6. The van der Waals surface area contributed by atoms with Gasteiger partial charge in [0.05, 0.1) is 11.2 Å². The molecule has 0 radical (unpaired) electrons. The highest BCUT2D eigenvalue weighted by Crippen LogP contribution is 2.17. The van der Waals surface area contributed by atoms with Crippen molar-refractivity contribution in [3.05, 3.63) is 66.1 Å². The van der Waals surface area contributed by atoms with E-state index in [2.05, 4.69) is 30.5 Å². The van der Waals surface area contributed by atoms with Crippen molar-refractivity contribution >= 4 is 16.7 Å². The number of para-hydroxylation sites is 1. The van der Waals surface area contributed by atoms with E-state index >= 15 is 0 Å². The van der Waals surface area contributed by atoms with Crippen LogP contribution in [-0.4, -0.2) is 40.9 Å². The summed E-state index contributed by atoms with van der Waals surface area (Å²) in [7, 11) is 0. The maximum Gasteiger partial charge on any atom is 0.184 e.